The highest BCUT2D eigenvalue weighted by Crippen LogP contribution is 2.29. The number of aromatic nitrogens is 2. The highest BCUT2D eigenvalue weighted by atomic mass is 19.4. The van der Waals surface area contributed by atoms with Crippen LogP contribution in [0.3, 0.4) is 0 Å². The topological polar surface area (TPSA) is 52.1 Å². The van der Waals surface area contributed by atoms with Crippen molar-refractivity contribution in [2.24, 2.45) is 0 Å². The molecule has 0 radical (unpaired) electrons. The summed E-state index contributed by atoms with van der Waals surface area (Å²) >= 11 is 0. The van der Waals surface area contributed by atoms with Gasteiger partial charge in [-0.05, 0) is 0 Å². The summed E-state index contributed by atoms with van der Waals surface area (Å²) in [6.07, 6.45) is -3.20. The van der Waals surface area contributed by atoms with Gasteiger partial charge in [0.25, 0.3) is 0 Å². The monoisotopic (exact) mass is 206 g/mol. The molecule has 0 atom stereocenters. The number of nitrogens with zero attached hydrogens (tertiary/aromatic N) is 2. The summed E-state index contributed by atoms with van der Waals surface area (Å²) in [5.41, 5.74) is -1.98. The van der Waals surface area contributed by atoms with E-state index in [1.54, 1.807) is 0 Å². The number of carbonyl (C=O) groups excluding carboxylic acids is 1. The number of esters is 1. The largest absolute Gasteiger partial charge is 0.465 e. The van der Waals surface area contributed by atoms with Crippen molar-refractivity contribution in [3.63, 3.8) is 0 Å². The maximum absolute atomic E-state index is 12.2. The number of hydrogen-bond acceptors (Lipinski definition) is 4. The first kappa shape index (κ1) is 10.4. The van der Waals surface area contributed by atoms with Gasteiger partial charge in [-0.15, -0.1) is 0 Å². The Labute approximate surface area is 76.7 Å². The quantitative estimate of drug-likeness (QED) is 0.649. The number of ether oxygens (including phenoxy) is 1. The van der Waals surface area contributed by atoms with Crippen molar-refractivity contribution in [1.82, 2.24) is 9.97 Å². The Kier molecular flexibility index (Phi) is 2.68. The number of methoxy groups -OCH3 is 1. The molecule has 0 bridgehead atoms. The molecule has 7 heteroatoms. The van der Waals surface area contributed by atoms with Crippen LogP contribution in [0.15, 0.2) is 12.5 Å². The Hall–Kier alpha value is -1.66. The predicted molar refractivity (Wildman–Crippen MR) is 38.4 cm³/mol. The zero-order valence-corrected chi connectivity index (χ0v) is 7.00. The third-order valence-electron chi connectivity index (χ3n) is 1.39. The molecule has 0 aliphatic carbocycles. The van der Waals surface area contributed by atoms with Gasteiger partial charge in [0.05, 0.1) is 7.11 Å². The Morgan fingerprint density at radius 3 is 2.64 bits per heavy atom. The maximum atomic E-state index is 12.2. The van der Waals surface area contributed by atoms with Crippen molar-refractivity contribution in [2.45, 2.75) is 6.18 Å². The molecule has 0 aliphatic rings. The van der Waals surface area contributed by atoms with E-state index < -0.39 is 23.4 Å². The van der Waals surface area contributed by atoms with E-state index in [0.29, 0.717) is 0 Å². The summed E-state index contributed by atoms with van der Waals surface area (Å²) in [6, 6.07) is 0. The highest BCUT2D eigenvalue weighted by Gasteiger charge is 2.37. The highest BCUT2D eigenvalue weighted by molar-refractivity contribution is 5.90. The molecule has 14 heavy (non-hydrogen) atoms. The zero-order valence-electron chi connectivity index (χ0n) is 7.00. The minimum atomic E-state index is -4.69. The van der Waals surface area contributed by atoms with Crippen molar-refractivity contribution < 1.29 is 22.7 Å². The smallest absolute Gasteiger partial charge is 0.434 e. The van der Waals surface area contributed by atoms with E-state index in [4.69, 9.17) is 0 Å². The number of hydrogen-bond donors (Lipinski definition) is 0. The molecule has 76 valence electrons. The number of carbonyl (C=O) groups is 1. The Bertz CT molecular complexity index is 351. The molecule has 0 aliphatic heterocycles. The lowest BCUT2D eigenvalue weighted by atomic mass is 10.2. The Balaban J connectivity index is 3.23. The van der Waals surface area contributed by atoms with E-state index in [-0.39, 0.29) is 0 Å². The third kappa shape index (κ3) is 1.98. The average molecular weight is 206 g/mol. The normalized spacial score (nSPS) is 11.1. The van der Waals surface area contributed by atoms with Crippen LogP contribution < -0.4 is 0 Å². The van der Waals surface area contributed by atoms with E-state index >= 15 is 0 Å². The molecule has 0 spiro atoms. The molecule has 1 heterocycles. The first-order valence-corrected chi connectivity index (χ1v) is 3.42. The molecule has 0 amide bonds. The van der Waals surface area contributed by atoms with E-state index in [2.05, 4.69) is 14.7 Å². The van der Waals surface area contributed by atoms with Gasteiger partial charge in [0.15, 0.2) is 5.69 Å². The zero-order chi connectivity index (χ0) is 10.8. The molecular formula is C7H5F3N2O2. The van der Waals surface area contributed by atoms with E-state index in [1.165, 1.54) is 0 Å². The third-order valence-corrected chi connectivity index (χ3v) is 1.39. The lowest BCUT2D eigenvalue weighted by Crippen LogP contribution is -2.16. The van der Waals surface area contributed by atoms with Gasteiger partial charge in [0.2, 0.25) is 0 Å². The number of alkyl halides is 3. The first-order valence-electron chi connectivity index (χ1n) is 3.42. The van der Waals surface area contributed by atoms with Gasteiger partial charge in [-0.3, -0.25) is 0 Å². The summed E-state index contributed by atoms with van der Waals surface area (Å²) in [5.74, 6) is -1.11. The van der Waals surface area contributed by atoms with Crippen LogP contribution >= 0.6 is 0 Å². The number of halogens is 3. The molecule has 1 rings (SSSR count). The fourth-order valence-electron chi connectivity index (χ4n) is 0.815. The van der Waals surface area contributed by atoms with Gasteiger partial charge in [-0.1, -0.05) is 0 Å². The van der Waals surface area contributed by atoms with E-state index in [1.807, 2.05) is 0 Å². The van der Waals surface area contributed by atoms with Gasteiger partial charge in [-0.2, -0.15) is 13.2 Å². The SMILES string of the molecule is COC(=O)c1cncnc1C(F)(F)F. The van der Waals surface area contributed by atoms with E-state index in [9.17, 15) is 18.0 Å². The van der Waals surface area contributed by atoms with Crippen LogP contribution in [0.1, 0.15) is 16.1 Å². The van der Waals surface area contributed by atoms with Gasteiger partial charge in [0.1, 0.15) is 11.9 Å². The lowest BCUT2D eigenvalue weighted by molar-refractivity contribution is -0.141. The predicted octanol–water partition coefficient (Wildman–Crippen LogP) is 1.28. The minimum absolute atomic E-state index is 0.692. The van der Waals surface area contributed by atoms with Crippen molar-refractivity contribution in [3.05, 3.63) is 23.8 Å². The number of rotatable bonds is 1. The van der Waals surface area contributed by atoms with Gasteiger partial charge in [-0.25, -0.2) is 14.8 Å². The fraction of sp³-hybridized carbons (Fsp3) is 0.286. The van der Waals surface area contributed by atoms with Crippen LogP contribution in [0.5, 0.6) is 0 Å². The van der Waals surface area contributed by atoms with Crippen molar-refractivity contribution in [1.29, 1.82) is 0 Å². The van der Waals surface area contributed by atoms with Crippen LogP contribution in [0.2, 0.25) is 0 Å². The lowest BCUT2D eigenvalue weighted by Gasteiger charge is -2.08. The molecule has 0 saturated heterocycles. The summed E-state index contributed by atoms with van der Waals surface area (Å²) in [6.45, 7) is 0. The molecule has 4 nitrogen and oxygen atoms in total. The molecule has 1 aromatic rings. The summed E-state index contributed by atoms with van der Waals surface area (Å²) in [7, 11) is 0.982. The minimum Gasteiger partial charge on any atom is -0.465 e. The first-order chi connectivity index (χ1) is 6.46. The Morgan fingerprint density at radius 2 is 2.14 bits per heavy atom. The molecule has 0 aromatic carbocycles. The maximum Gasteiger partial charge on any atom is 0.434 e. The molecule has 1 aromatic heterocycles. The van der Waals surface area contributed by atoms with Crippen LogP contribution in [0.25, 0.3) is 0 Å². The summed E-state index contributed by atoms with van der Waals surface area (Å²) in [4.78, 5) is 17.2. The second-order valence-electron chi connectivity index (χ2n) is 2.27. The Morgan fingerprint density at radius 1 is 1.50 bits per heavy atom. The van der Waals surface area contributed by atoms with Crippen molar-refractivity contribution >= 4 is 5.97 Å². The molecule has 0 N–H and O–H groups in total. The average Bonchev–Trinajstić information content (AvgIpc) is 2.15. The van der Waals surface area contributed by atoms with Gasteiger partial charge < -0.3 is 4.74 Å². The standard InChI is InChI=1S/C7H5F3N2O2/c1-14-6(13)4-2-11-3-12-5(4)7(8,9)10/h2-3H,1H3. The second kappa shape index (κ2) is 3.60. The molecule has 0 unspecified atom stereocenters. The van der Waals surface area contributed by atoms with Crippen molar-refractivity contribution in [3.8, 4) is 0 Å². The fourth-order valence-corrected chi connectivity index (χ4v) is 0.815. The second-order valence-corrected chi connectivity index (χ2v) is 2.27. The summed E-state index contributed by atoms with van der Waals surface area (Å²) in [5, 5.41) is 0. The molecule has 0 fully saturated rings. The van der Waals surface area contributed by atoms with Crippen LogP contribution in [0, 0.1) is 0 Å². The van der Waals surface area contributed by atoms with E-state index in [0.717, 1.165) is 19.6 Å². The summed E-state index contributed by atoms with van der Waals surface area (Å²) < 4.78 is 40.9. The van der Waals surface area contributed by atoms with Crippen LogP contribution in [-0.4, -0.2) is 23.0 Å². The van der Waals surface area contributed by atoms with Gasteiger partial charge in [0, 0.05) is 6.20 Å². The molecular weight excluding hydrogens is 201 g/mol. The van der Waals surface area contributed by atoms with Crippen LogP contribution in [0.4, 0.5) is 13.2 Å². The molecule has 0 saturated carbocycles. The van der Waals surface area contributed by atoms with Crippen molar-refractivity contribution in [2.75, 3.05) is 7.11 Å². The van der Waals surface area contributed by atoms with Crippen LogP contribution in [-0.2, 0) is 10.9 Å². The van der Waals surface area contributed by atoms with Gasteiger partial charge >= 0.3 is 12.1 Å².